The second kappa shape index (κ2) is 4.31. The number of primary sulfonamides is 1. The van der Waals surface area contributed by atoms with E-state index in [4.69, 9.17) is 5.14 Å². The van der Waals surface area contributed by atoms with Gasteiger partial charge in [0.05, 0.1) is 4.90 Å². The maximum atomic E-state index is 11.1. The molecule has 4 nitrogen and oxygen atoms in total. The summed E-state index contributed by atoms with van der Waals surface area (Å²) >= 11 is 0. The lowest BCUT2D eigenvalue weighted by molar-refractivity contribution is 0.269. The van der Waals surface area contributed by atoms with Crippen molar-refractivity contribution in [1.29, 1.82) is 0 Å². The molecule has 1 aromatic rings. The average Bonchev–Trinajstić information content (AvgIpc) is 2.23. The lowest BCUT2D eigenvalue weighted by atomic mass is 9.74. The number of sulfonamides is 1. The van der Waals surface area contributed by atoms with Gasteiger partial charge in [-0.1, -0.05) is 6.92 Å². The second-order valence-electron chi connectivity index (χ2n) is 4.68. The SMILES string of the molecule is CCC1(Nc2ccc(S(N)(=O)=O)cc2)CCC1. The number of rotatable bonds is 4. The van der Waals surface area contributed by atoms with E-state index in [1.165, 1.54) is 19.3 Å². The van der Waals surface area contributed by atoms with E-state index < -0.39 is 10.0 Å². The Morgan fingerprint density at radius 2 is 1.88 bits per heavy atom. The number of nitrogens with two attached hydrogens (primary N) is 1. The smallest absolute Gasteiger partial charge is 0.238 e. The van der Waals surface area contributed by atoms with E-state index in [1.807, 2.05) is 0 Å². The van der Waals surface area contributed by atoms with Gasteiger partial charge in [0, 0.05) is 11.2 Å². The van der Waals surface area contributed by atoms with Crippen LogP contribution in [0.5, 0.6) is 0 Å². The van der Waals surface area contributed by atoms with Gasteiger partial charge in [-0.2, -0.15) is 0 Å². The lowest BCUT2D eigenvalue weighted by Gasteiger charge is -2.43. The van der Waals surface area contributed by atoms with Gasteiger partial charge in [0.2, 0.25) is 10.0 Å². The van der Waals surface area contributed by atoms with E-state index in [0.717, 1.165) is 12.1 Å². The van der Waals surface area contributed by atoms with Crippen molar-refractivity contribution in [3.05, 3.63) is 24.3 Å². The third-order valence-corrected chi connectivity index (χ3v) is 4.51. The molecule has 1 saturated carbocycles. The number of benzene rings is 1. The largest absolute Gasteiger partial charge is 0.380 e. The molecule has 0 heterocycles. The zero-order valence-corrected chi connectivity index (χ0v) is 10.8. The first-order valence-corrected chi connectivity index (χ1v) is 7.41. The molecule has 5 heteroatoms. The minimum atomic E-state index is -3.59. The van der Waals surface area contributed by atoms with Crippen LogP contribution in [0.15, 0.2) is 29.2 Å². The topological polar surface area (TPSA) is 72.2 Å². The van der Waals surface area contributed by atoms with Gasteiger partial charge in [-0.25, -0.2) is 13.6 Å². The molecular formula is C12H18N2O2S. The molecule has 0 atom stereocenters. The highest BCUT2D eigenvalue weighted by Crippen LogP contribution is 2.37. The molecule has 0 aliphatic heterocycles. The molecule has 2 rings (SSSR count). The summed E-state index contributed by atoms with van der Waals surface area (Å²) in [5.41, 5.74) is 1.17. The van der Waals surface area contributed by atoms with Crippen LogP contribution in [0.4, 0.5) is 5.69 Å². The Hall–Kier alpha value is -1.07. The lowest BCUT2D eigenvalue weighted by Crippen LogP contribution is -2.44. The molecule has 0 unspecified atom stereocenters. The van der Waals surface area contributed by atoms with Gasteiger partial charge in [-0.15, -0.1) is 0 Å². The maximum Gasteiger partial charge on any atom is 0.238 e. The summed E-state index contributed by atoms with van der Waals surface area (Å²) in [6.45, 7) is 2.17. The quantitative estimate of drug-likeness (QED) is 0.864. The zero-order valence-electron chi connectivity index (χ0n) is 9.94. The molecule has 1 aliphatic rings. The number of anilines is 1. The molecule has 3 N–H and O–H groups in total. The first kappa shape index (κ1) is 12.4. The fourth-order valence-corrected chi connectivity index (χ4v) is 2.72. The molecule has 0 amide bonds. The normalized spacial score (nSPS) is 18.5. The van der Waals surface area contributed by atoms with E-state index in [0.29, 0.717) is 0 Å². The van der Waals surface area contributed by atoms with E-state index in [9.17, 15) is 8.42 Å². The molecule has 0 radical (unpaired) electrons. The van der Waals surface area contributed by atoms with Crippen LogP contribution in [0.25, 0.3) is 0 Å². The van der Waals surface area contributed by atoms with Crippen molar-refractivity contribution in [2.45, 2.75) is 43.0 Å². The predicted octanol–water partition coefficient (Wildman–Crippen LogP) is 2.08. The minimum absolute atomic E-state index is 0.155. The summed E-state index contributed by atoms with van der Waals surface area (Å²) in [5.74, 6) is 0. The summed E-state index contributed by atoms with van der Waals surface area (Å²) in [4.78, 5) is 0.155. The molecule has 1 fully saturated rings. The van der Waals surface area contributed by atoms with Crippen molar-refractivity contribution >= 4 is 15.7 Å². The van der Waals surface area contributed by atoms with Crippen molar-refractivity contribution in [1.82, 2.24) is 0 Å². The summed E-state index contributed by atoms with van der Waals surface area (Å²) in [6, 6.07) is 6.63. The van der Waals surface area contributed by atoms with Crippen LogP contribution in [0.1, 0.15) is 32.6 Å². The van der Waals surface area contributed by atoms with Crippen LogP contribution in [-0.4, -0.2) is 14.0 Å². The van der Waals surface area contributed by atoms with Gasteiger partial charge in [0.15, 0.2) is 0 Å². The van der Waals surface area contributed by atoms with Crippen LogP contribution in [0, 0.1) is 0 Å². The highest BCUT2D eigenvalue weighted by atomic mass is 32.2. The van der Waals surface area contributed by atoms with E-state index >= 15 is 0 Å². The third-order valence-electron chi connectivity index (χ3n) is 3.58. The van der Waals surface area contributed by atoms with Crippen molar-refractivity contribution in [2.75, 3.05) is 5.32 Å². The van der Waals surface area contributed by atoms with Crippen LogP contribution in [-0.2, 0) is 10.0 Å². The highest BCUT2D eigenvalue weighted by Gasteiger charge is 2.34. The van der Waals surface area contributed by atoms with Crippen molar-refractivity contribution in [3.63, 3.8) is 0 Å². The molecule has 1 aromatic carbocycles. The molecule has 1 aliphatic carbocycles. The first-order chi connectivity index (χ1) is 7.95. The highest BCUT2D eigenvalue weighted by molar-refractivity contribution is 7.89. The number of nitrogens with one attached hydrogen (secondary N) is 1. The first-order valence-electron chi connectivity index (χ1n) is 5.86. The Balaban J connectivity index is 2.14. The number of hydrogen-bond donors (Lipinski definition) is 2. The van der Waals surface area contributed by atoms with Crippen LogP contribution < -0.4 is 10.5 Å². The molecular weight excluding hydrogens is 236 g/mol. The number of hydrogen-bond acceptors (Lipinski definition) is 3. The monoisotopic (exact) mass is 254 g/mol. The molecule has 0 saturated heterocycles. The van der Waals surface area contributed by atoms with Crippen LogP contribution >= 0.6 is 0 Å². The summed E-state index contributed by atoms with van der Waals surface area (Å²) in [6.07, 6.45) is 4.71. The predicted molar refractivity (Wildman–Crippen MR) is 68.3 cm³/mol. The van der Waals surface area contributed by atoms with Crippen molar-refractivity contribution in [3.8, 4) is 0 Å². The fraction of sp³-hybridized carbons (Fsp3) is 0.500. The average molecular weight is 254 g/mol. The van der Waals surface area contributed by atoms with Gasteiger partial charge >= 0.3 is 0 Å². The summed E-state index contributed by atoms with van der Waals surface area (Å²) < 4.78 is 22.2. The van der Waals surface area contributed by atoms with Crippen molar-refractivity contribution < 1.29 is 8.42 Å². The Kier molecular flexibility index (Phi) is 3.14. The summed E-state index contributed by atoms with van der Waals surface area (Å²) in [5, 5.41) is 8.53. The van der Waals surface area contributed by atoms with E-state index in [1.54, 1.807) is 24.3 Å². The third kappa shape index (κ3) is 2.61. The van der Waals surface area contributed by atoms with Gasteiger partial charge in [-0.05, 0) is 49.9 Å². The standard InChI is InChI=1S/C12H18N2O2S/c1-2-12(8-3-9-12)14-10-4-6-11(7-5-10)17(13,15)16/h4-7,14H,2-3,8-9H2,1H3,(H2,13,15,16). The Bertz CT molecular complexity index is 484. The van der Waals surface area contributed by atoms with Gasteiger partial charge < -0.3 is 5.32 Å². The van der Waals surface area contributed by atoms with E-state index in [2.05, 4.69) is 12.2 Å². The molecule has 0 aromatic heterocycles. The Morgan fingerprint density at radius 3 is 2.24 bits per heavy atom. The molecule has 0 bridgehead atoms. The van der Waals surface area contributed by atoms with E-state index in [-0.39, 0.29) is 10.4 Å². The summed E-state index contributed by atoms with van der Waals surface area (Å²) in [7, 11) is -3.59. The minimum Gasteiger partial charge on any atom is -0.380 e. The maximum absolute atomic E-state index is 11.1. The second-order valence-corrected chi connectivity index (χ2v) is 6.24. The fourth-order valence-electron chi connectivity index (χ4n) is 2.20. The molecule has 94 valence electrons. The van der Waals surface area contributed by atoms with Gasteiger partial charge in [0.25, 0.3) is 0 Å². The molecule has 17 heavy (non-hydrogen) atoms. The Morgan fingerprint density at radius 1 is 1.29 bits per heavy atom. The zero-order chi connectivity index (χ0) is 12.5. The van der Waals surface area contributed by atoms with Gasteiger partial charge in [0.1, 0.15) is 0 Å². The Labute approximate surface area is 102 Å². The van der Waals surface area contributed by atoms with Gasteiger partial charge in [-0.3, -0.25) is 0 Å². The van der Waals surface area contributed by atoms with Crippen LogP contribution in [0.2, 0.25) is 0 Å². The van der Waals surface area contributed by atoms with Crippen molar-refractivity contribution in [2.24, 2.45) is 5.14 Å². The van der Waals surface area contributed by atoms with Crippen LogP contribution in [0.3, 0.4) is 0 Å². The molecule has 0 spiro atoms.